The van der Waals surface area contributed by atoms with Crippen LogP contribution in [0.15, 0.2) is 53.4 Å². The number of amides is 1. The van der Waals surface area contributed by atoms with Crippen molar-refractivity contribution >= 4 is 21.7 Å². The molecule has 1 heterocycles. The van der Waals surface area contributed by atoms with Gasteiger partial charge in [0.1, 0.15) is 11.5 Å². The van der Waals surface area contributed by atoms with Crippen LogP contribution in [-0.4, -0.2) is 47.0 Å². The third-order valence-corrected chi connectivity index (χ3v) is 6.18. The number of hydrogen-bond acceptors (Lipinski definition) is 6. The fourth-order valence-electron chi connectivity index (χ4n) is 3.64. The molecule has 34 heavy (non-hydrogen) atoms. The fourth-order valence-corrected chi connectivity index (χ4v) is 4.33. The Bertz CT molecular complexity index is 1240. The van der Waals surface area contributed by atoms with Crippen molar-refractivity contribution in [2.24, 2.45) is 7.05 Å². The van der Waals surface area contributed by atoms with Crippen LogP contribution in [0, 0.1) is 0 Å². The molecule has 3 rings (SSSR count). The highest BCUT2D eigenvalue weighted by atomic mass is 32.2. The zero-order valence-corrected chi connectivity index (χ0v) is 20.0. The van der Waals surface area contributed by atoms with Crippen LogP contribution in [0.25, 0.3) is 0 Å². The number of aromatic nitrogens is 2. The van der Waals surface area contributed by atoms with Gasteiger partial charge in [0, 0.05) is 24.7 Å². The molecule has 10 heteroatoms. The SMILES string of the molecule is CCCCc1nn(C)c(OCCO)c1Cc1ccc(NC(=O)c2ccccc2S(=O)(=O)O)cc1. The van der Waals surface area contributed by atoms with Gasteiger partial charge in [0.2, 0.25) is 5.88 Å². The van der Waals surface area contributed by atoms with Crippen LogP contribution in [0.2, 0.25) is 0 Å². The van der Waals surface area contributed by atoms with Crippen LogP contribution in [-0.2, 0) is 30.0 Å². The van der Waals surface area contributed by atoms with Gasteiger partial charge in [-0.2, -0.15) is 13.5 Å². The Balaban J connectivity index is 1.79. The van der Waals surface area contributed by atoms with E-state index < -0.39 is 20.9 Å². The number of aliphatic hydroxyl groups is 1. The third kappa shape index (κ3) is 6.22. The number of carbonyl (C=O) groups excluding carboxylic acids is 1. The average molecular weight is 488 g/mol. The second-order valence-electron chi connectivity index (χ2n) is 7.83. The molecule has 0 fully saturated rings. The van der Waals surface area contributed by atoms with Crippen LogP contribution < -0.4 is 10.1 Å². The van der Waals surface area contributed by atoms with Crippen LogP contribution in [0.4, 0.5) is 5.69 Å². The molecule has 0 aliphatic heterocycles. The molecule has 0 unspecified atom stereocenters. The number of nitrogens with zero attached hydrogens (tertiary/aromatic N) is 2. The van der Waals surface area contributed by atoms with E-state index in [4.69, 9.17) is 9.84 Å². The van der Waals surface area contributed by atoms with Crippen LogP contribution >= 0.6 is 0 Å². The maximum absolute atomic E-state index is 12.6. The number of carbonyl (C=O) groups is 1. The molecule has 3 aromatic rings. The zero-order chi connectivity index (χ0) is 24.7. The van der Waals surface area contributed by atoms with E-state index in [1.807, 2.05) is 19.2 Å². The molecule has 0 aliphatic rings. The van der Waals surface area contributed by atoms with Gasteiger partial charge in [-0.05, 0) is 42.7 Å². The summed E-state index contributed by atoms with van der Waals surface area (Å²) in [5, 5.41) is 16.4. The Hall–Kier alpha value is -3.21. The first kappa shape index (κ1) is 25.4. The van der Waals surface area contributed by atoms with Gasteiger partial charge in [-0.25, -0.2) is 4.68 Å². The van der Waals surface area contributed by atoms with E-state index in [9.17, 15) is 17.8 Å². The number of aliphatic hydroxyl groups excluding tert-OH is 1. The summed E-state index contributed by atoms with van der Waals surface area (Å²) in [7, 11) is -2.71. The van der Waals surface area contributed by atoms with Gasteiger partial charge in [-0.1, -0.05) is 37.6 Å². The minimum absolute atomic E-state index is 0.0932. The summed E-state index contributed by atoms with van der Waals surface area (Å²) in [4.78, 5) is 12.2. The molecule has 182 valence electrons. The first-order valence-electron chi connectivity index (χ1n) is 11.0. The number of rotatable bonds is 11. The Morgan fingerprint density at radius 1 is 1.15 bits per heavy atom. The van der Waals surface area contributed by atoms with Crippen LogP contribution in [0.1, 0.15) is 46.9 Å². The maximum Gasteiger partial charge on any atom is 0.295 e. The van der Waals surface area contributed by atoms with Crippen molar-refractivity contribution in [3.8, 4) is 5.88 Å². The number of unbranched alkanes of at least 4 members (excludes halogenated alkanes) is 1. The number of benzene rings is 2. The van der Waals surface area contributed by atoms with Crippen molar-refractivity contribution in [1.82, 2.24) is 9.78 Å². The van der Waals surface area contributed by atoms with E-state index in [1.54, 1.807) is 16.8 Å². The Morgan fingerprint density at radius 2 is 1.85 bits per heavy atom. The van der Waals surface area contributed by atoms with Crippen molar-refractivity contribution in [2.75, 3.05) is 18.5 Å². The highest BCUT2D eigenvalue weighted by molar-refractivity contribution is 7.86. The second-order valence-corrected chi connectivity index (χ2v) is 9.22. The van der Waals surface area contributed by atoms with Crippen molar-refractivity contribution in [3.63, 3.8) is 0 Å². The summed E-state index contributed by atoms with van der Waals surface area (Å²) in [5.74, 6) is -0.0193. The molecular formula is C24H29N3O6S. The summed E-state index contributed by atoms with van der Waals surface area (Å²) >= 11 is 0. The molecular weight excluding hydrogens is 458 g/mol. The molecule has 9 nitrogen and oxygen atoms in total. The fraction of sp³-hybridized carbons (Fsp3) is 0.333. The molecule has 0 aliphatic carbocycles. The first-order chi connectivity index (χ1) is 16.2. The highest BCUT2D eigenvalue weighted by Crippen LogP contribution is 2.27. The molecule has 3 N–H and O–H groups in total. The summed E-state index contributed by atoms with van der Waals surface area (Å²) in [6.45, 7) is 2.20. The molecule has 2 aromatic carbocycles. The van der Waals surface area contributed by atoms with Crippen molar-refractivity contribution in [3.05, 3.63) is 70.9 Å². The first-order valence-corrected chi connectivity index (χ1v) is 12.4. The standard InChI is InChI=1S/C24H29N3O6S/c1-3-4-8-21-20(24(27(2)26-21)33-15-14-28)16-17-10-12-18(13-11-17)25-23(29)19-7-5-6-9-22(19)34(30,31)32/h5-7,9-13,28H,3-4,8,14-16H2,1-2H3,(H,25,29)(H,30,31,32). The highest BCUT2D eigenvalue weighted by Gasteiger charge is 2.20. The third-order valence-electron chi connectivity index (χ3n) is 5.27. The van der Waals surface area contributed by atoms with Crippen molar-refractivity contribution < 1.29 is 27.6 Å². The quantitative estimate of drug-likeness (QED) is 0.354. The lowest BCUT2D eigenvalue weighted by Gasteiger charge is -2.11. The Morgan fingerprint density at radius 3 is 2.50 bits per heavy atom. The van der Waals surface area contributed by atoms with Gasteiger partial charge >= 0.3 is 0 Å². The van der Waals surface area contributed by atoms with Gasteiger partial charge in [0.05, 0.1) is 17.9 Å². The number of anilines is 1. The predicted molar refractivity (Wildman–Crippen MR) is 128 cm³/mol. The smallest absolute Gasteiger partial charge is 0.295 e. The van der Waals surface area contributed by atoms with E-state index in [1.165, 1.54) is 24.3 Å². The molecule has 0 saturated heterocycles. The minimum atomic E-state index is -4.53. The van der Waals surface area contributed by atoms with Gasteiger partial charge < -0.3 is 15.2 Å². The topological polar surface area (TPSA) is 131 Å². The predicted octanol–water partition coefficient (Wildman–Crippen LogP) is 3.22. The van der Waals surface area contributed by atoms with E-state index in [-0.39, 0.29) is 18.8 Å². The molecule has 1 aromatic heterocycles. The van der Waals surface area contributed by atoms with Gasteiger partial charge in [-0.3, -0.25) is 9.35 Å². The lowest BCUT2D eigenvalue weighted by Crippen LogP contribution is -2.16. The molecule has 0 bridgehead atoms. The van der Waals surface area contributed by atoms with Gasteiger partial charge in [-0.15, -0.1) is 0 Å². The van der Waals surface area contributed by atoms with Gasteiger partial charge in [0.15, 0.2) is 0 Å². The van der Waals surface area contributed by atoms with E-state index in [0.29, 0.717) is 18.0 Å². The van der Waals surface area contributed by atoms with Crippen molar-refractivity contribution in [2.45, 2.75) is 37.5 Å². The number of aryl methyl sites for hydroxylation is 2. The number of hydrogen-bond donors (Lipinski definition) is 3. The Labute approximate surface area is 199 Å². The summed E-state index contributed by atoms with van der Waals surface area (Å²) in [6, 6.07) is 12.6. The largest absolute Gasteiger partial charge is 0.475 e. The lowest BCUT2D eigenvalue weighted by molar-refractivity contribution is 0.102. The molecule has 0 spiro atoms. The van der Waals surface area contributed by atoms with E-state index in [2.05, 4.69) is 17.3 Å². The molecule has 0 radical (unpaired) electrons. The van der Waals surface area contributed by atoms with Crippen molar-refractivity contribution in [1.29, 1.82) is 0 Å². The van der Waals surface area contributed by atoms with Crippen LogP contribution in [0.5, 0.6) is 5.88 Å². The molecule has 0 saturated carbocycles. The maximum atomic E-state index is 12.6. The number of nitrogens with one attached hydrogen (secondary N) is 1. The second kappa shape index (κ2) is 11.3. The number of ether oxygens (including phenoxy) is 1. The summed E-state index contributed by atoms with van der Waals surface area (Å²) in [5.41, 5.74) is 3.22. The molecule has 1 amide bonds. The minimum Gasteiger partial charge on any atom is -0.475 e. The average Bonchev–Trinajstić information content (AvgIpc) is 3.10. The summed E-state index contributed by atoms with van der Waals surface area (Å²) < 4.78 is 39.9. The Kier molecular flexibility index (Phi) is 8.43. The van der Waals surface area contributed by atoms with E-state index >= 15 is 0 Å². The summed E-state index contributed by atoms with van der Waals surface area (Å²) in [6.07, 6.45) is 3.42. The zero-order valence-electron chi connectivity index (χ0n) is 19.2. The van der Waals surface area contributed by atoms with Crippen LogP contribution in [0.3, 0.4) is 0 Å². The monoisotopic (exact) mass is 487 g/mol. The van der Waals surface area contributed by atoms with Gasteiger partial charge in [0.25, 0.3) is 16.0 Å². The normalized spacial score (nSPS) is 11.4. The lowest BCUT2D eigenvalue weighted by atomic mass is 10.0. The molecule has 0 atom stereocenters. The van der Waals surface area contributed by atoms with E-state index in [0.717, 1.165) is 36.1 Å².